The number of fused-ring (bicyclic) bond motifs is 1. The average Bonchev–Trinajstić information content (AvgIpc) is 3.72. The van der Waals surface area contributed by atoms with Crippen LogP contribution in [-0.2, 0) is 22.0 Å². The van der Waals surface area contributed by atoms with Crippen LogP contribution < -0.4 is 9.80 Å². The second kappa shape index (κ2) is 18.1. The van der Waals surface area contributed by atoms with E-state index in [2.05, 4.69) is 4.90 Å². The summed E-state index contributed by atoms with van der Waals surface area (Å²) in [4.78, 5) is 46.6. The van der Waals surface area contributed by atoms with Crippen molar-refractivity contribution in [3.63, 3.8) is 0 Å². The fourth-order valence-electron chi connectivity index (χ4n) is 7.64. The number of hydrogen-bond donors (Lipinski definition) is 1. The van der Waals surface area contributed by atoms with Crippen LogP contribution >= 0.6 is 11.8 Å². The quantitative estimate of drug-likeness (QED) is 0.0732. The van der Waals surface area contributed by atoms with Gasteiger partial charge in [-0.25, -0.2) is 17.3 Å². The highest BCUT2D eigenvalue weighted by molar-refractivity contribution is 7.98. The van der Waals surface area contributed by atoms with Crippen molar-refractivity contribution in [2.24, 2.45) is 0 Å². The maximum absolute atomic E-state index is 15.1. The number of benzene rings is 6. The third-order valence-electron chi connectivity index (χ3n) is 10.9. The molecule has 1 aliphatic rings. The maximum Gasteiger partial charge on any atom is 0.416 e. The van der Waals surface area contributed by atoms with Gasteiger partial charge >= 0.3 is 6.18 Å². The maximum atomic E-state index is 15.1. The molecule has 1 atom stereocenters. The fourth-order valence-corrected chi connectivity index (χ4v) is 10.1. The fraction of sp³-hybridized carbons (Fsp3) is 0.163. The summed E-state index contributed by atoms with van der Waals surface area (Å²) < 4.78 is 71.5. The molecule has 1 unspecified atom stereocenters. The van der Waals surface area contributed by atoms with Crippen LogP contribution in [0.15, 0.2) is 168 Å². The second-order valence-electron chi connectivity index (χ2n) is 15.1. The Morgan fingerprint density at radius 1 is 0.698 bits per heavy atom. The number of carbonyl (C=O) groups is 3. The molecule has 320 valence electrons. The van der Waals surface area contributed by atoms with Gasteiger partial charge in [0.1, 0.15) is 11.8 Å². The van der Waals surface area contributed by atoms with E-state index < -0.39 is 51.2 Å². The number of aliphatic hydroxyl groups excluding tert-OH is 1. The first kappa shape index (κ1) is 43.2. The highest BCUT2D eigenvalue weighted by Crippen LogP contribution is 2.36. The molecular weight excluding hydrogens is 848 g/mol. The van der Waals surface area contributed by atoms with E-state index in [4.69, 9.17) is 0 Å². The minimum Gasteiger partial charge on any atom is -0.380 e. The van der Waals surface area contributed by atoms with Crippen LogP contribution in [0.1, 0.15) is 73.3 Å². The van der Waals surface area contributed by atoms with Crippen molar-refractivity contribution in [2.75, 3.05) is 22.9 Å². The number of halogens is 3. The molecule has 0 spiro atoms. The number of aliphatic hydroxyl groups is 1. The normalized spacial score (nSPS) is 13.7. The lowest BCUT2D eigenvalue weighted by molar-refractivity contribution is -0.137. The second-order valence-corrected chi connectivity index (χ2v) is 17.9. The van der Waals surface area contributed by atoms with Crippen LogP contribution in [0.3, 0.4) is 0 Å². The zero-order chi connectivity index (χ0) is 44.3. The number of amides is 2. The van der Waals surface area contributed by atoms with E-state index in [-0.39, 0.29) is 27.0 Å². The summed E-state index contributed by atoms with van der Waals surface area (Å²) >= 11 is 1.38. The number of imide groups is 1. The van der Waals surface area contributed by atoms with Crippen molar-refractivity contribution in [1.29, 1.82) is 0 Å². The van der Waals surface area contributed by atoms with Gasteiger partial charge in [-0.1, -0.05) is 78.9 Å². The van der Waals surface area contributed by atoms with Gasteiger partial charge in [-0.3, -0.25) is 14.4 Å². The van der Waals surface area contributed by atoms with Gasteiger partial charge in [0.25, 0.3) is 21.8 Å². The van der Waals surface area contributed by atoms with E-state index in [1.54, 1.807) is 97.1 Å². The number of piperidine rings is 1. The molecule has 6 aromatic carbocycles. The van der Waals surface area contributed by atoms with E-state index in [1.807, 2.05) is 6.07 Å². The highest BCUT2D eigenvalue weighted by Gasteiger charge is 2.36. The van der Waals surface area contributed by atoms with E-state index in [0.29, 0.717) is 32.5 Å². The van der Waals surface area contributed by atoms with Crippen LogP contribution in [0.25, 0.3) is 10.9 Å². The van der Waals surface area contributed by atoms with Gasteiger partial charge in [0.15, 0.2) is 5.78 Å². The van der Waals surface area contributed by atoms with Crippen LogP contribution in [0.4, 0.5) is 24.5 Å². The summed E-state index contributed by atoms with van der Waals surface area (Å²) in [5.41, 5.74) is 0.516. The molecule has 0 aliphatic carbocycles. The Bertz CT molecular complexity index is 2920. The van der Waals surface area contributed by atoms with Gasteiger partial charge in [-0.15, -0.1) is 11.8 Å². The van der Waals surface area contributed by atoms with Crippen molar-refractivity contribution in [2.45, 2.75) is 47.1 Å². The van der Waals surface area contributed by atoms with Crippen LogP contribution in [0.2, 0.25) is 0 Å². The predicted molar refractivity (Wildman–Crippen MR) is 238 cm³/mol. The molecule has 8 rings (SSSR count). The number of thioether (sulfide) groups is 1. The molecule has 2 heterocycles. The van der Waals surface area contributed by atoms with E-state index in [1.165, 1.54) is 48.2 Å². The van der Waals surface area contributed by atoms with Gasteiger partial charge in [-0.2, -0.15) is 13.2 Å². The third-order valence-corrected chi connectivity index (χ3v) is 13.7. The van der Waals surface area contributed by atoms with E-state index in [9.17, 15) is 36.3 Å². The molecule has 14 heteroatoms. The molecule has 0 radical (unpaired) electrons. The number of aromatic nitrogens is 1. The summed E-state index contributed by atoms with van der Waals surface area (Å²) in [6, 6.07) is 39.6. The molecule has 1 N–H and O–H groups in total. The largest absolute Gasteiger partial charge is 0.416 e. The third kappa shape index (κ3) is 9.19. The molecule has 0 saturated carbocycles. The Balaban J connectivity index is 1.16. The molecule has 1 aromatic heterocycles. The first-order valence-electron chi connectivity index (χ1n) is 20.2. The number of alkyl halides is 3. The van der Waals surface area contributed by atoms with Gasteiger partial charge in [0.2, 0.25) is 0 Å². The lowest BCUT2D eigenvalue weighted by Crippen LogP contribution is -2.39. The minimum absolute atomic E-state index is 0.0399. The molecular formula is C49H40F3N3O6S2. The summed E-state index contributed by atoms with van der Waals surface area (Å²) in [7, 11) is -4.71. The Labute approximate surface area is 366 Å². The number of hydrogen-bond acceptors (Lipinski definition) is 8. The van der Waals surface area contributed by atoms with Crippen molar-refractivity contribution in [3.05, 3.63) is 191 Å². The van der Waals surface area contributed by atoms with Crippen molar-refractivity contribution in [3.8, 4) is 0 Å². The van der Waals surface area contributed by atoms with Crippen molar-refractivity contribution >= 4 is 61.7 Å². The lowest BCUT2D eigenvalue weighted by Gasteiger charge is -2.29. The Hall–Kier alpha value is -6.48. The monoisotopic (exact) mass is 887 g/mol. The number of carbonyl (C=O) groups excluding carboxylic acids is 3. The molecule has 0 bridgehead atoms. The van der Waals surface area contributed by atoms with Crippen LogP contribution in [0.5, 0.6) is 0 Å². The van der Waals surface area contributed by atoms with Crippen LogP contribution in [0, 0.1) is 0 Å². The highest BCUT2D eigenvalue weighted by atomic mass is 32.2. The summed E-state index contributed by atoms with van der Waals surface area (Å²) in [6.07, 6.45) is -3.03. The first-order chi connectivity index (χ1) is 30.3. The van der Waals surface area contributed by atoms with E-state index >= 15 is 4.79 Å². The van der Waals surface area contributed by atoms with Gasteiger partial charge in [0, 0.05) is 45.9 Å². The summed E-state index contributed by atoms with van der Waals surface area (Å²) in [6.45, 7) is 1.67. The minimum atomic E-state index is -4.82. The smallest absolute Gasteiger partial charge is 0.380 e. The Morgan fingerprint density at radius 3 is 2.06 bits per heavy atom. The number of rotatable bonds is 12. The number of Topliss-reactive ketones (excluding diaryl/α,β-unsaturated/α-hetero) is 1. The Kier molecular flexibility index (Phi) is 12.4. The number of nitrogens with zero attached hydrogens (tertiary/aromatic N) is 3. The zero-order valence-corrected chi connectivity index (χ0v) is 35.2. The first-order valence-corrected chi connectivity index (χ1v) is 22.6. The SMILES string of the molecule is O=C(c1cccc(SCc2cccc(C(=O)N(C(=O)c3cc4ccc(C(F)(F)F)cc4n3S(=O)(=O)c3ccccc3)c3ccc(N4CCCCC4)cc3)c2)c1)C(O)c1ccccc1. The van der Waals surface area contributed by atoms with E-state index in [0.717, 1.165) is 60.0 Å². The molecule has 2 amide bonds. The lowest BCUT2D eigenvalue weighted by atomic mass is 10.0. The molecule has 63 heavy (non-hydrogen) atoms. The predicted octanol–water partition coefficient (Wildman–Crippen LogP) is 10.6. The van der Waals surface area contributed by atoms with Crippen molar-refractivity contribution < 1.29 is 41.1 Å². The Morgan fingerprint density at radius 2 is 1.37 bits per heavy atom. The average molecular weight is 888 g/mol. The summed E-state index contributed by atoms with van der Waals surface area (Å²) in [5, 5.41) is 10.8. The standard InChI is InChI=1S/C49H40F3N3O6S2/c50-49(51,52)38-21-20-35-30-44(55(43(35)31-38)63(60,61)42-18-6-2-7-19-42)48(59)54(40-24-22-39(23-25-40)53-26-8-3-9-27-53)47(58)37-16-10-12-33(28-37)32-62-41-17-11-15-36(29-41)46(57)45(56)34-13-4-1-5-14-34/h1-2,4-7,10-25,28-31,45,56H,3,8-9,26-27,32H2. The van der Waals surface area contributed by atoms with Crippen molar-refractivity contribution in [1.82, 2.24) is 3.97 Å². The van der Waals surface area contributed by atoms with Gasteiger partial charge in [-0.05, 0) is 109 Å². The zero-order valence-electron chi connectivity index (χ0n) is 33.6. The van der Waals surface area contributed by atoms with Gasteiger partial charge < -0.3 is 10.0 Å². The van der Waals surface area contributed by atoms with Gasteiger partial charge in [0.05, 0.1) is 21.7 Å². The molecule has 1 saturated heterocycles. The topological polar surface area (TPSA) is 117 Å². The number of ketones is 1. The number of anilines is 2. The molecule has 7 aromatic rings. The summed E-state index contributed by atoms with van der Waals surface area (Å²) in [5.74, 6) is -2.00. The molecule has 1 aliphatic heterocycles. The van der Waals surface area contributed by atoms with Crippen LogP contribution in [-0.4, -0.2) is 48.2 Å². The molecule has 9 nitrogen and oxygen atoms in total. The molecule has 1 fully saturated rings.